The molecular formula is C24H27N3O2S. The van der Waals surface area contributed by atoms with Gasteiger partial charge in [-0.1, -0.05) is 38.1 Å². The van der Waals surface area contributed by atoms with Gasteiger partial charge in [-0.05, 0) is 46.5 Å². The molecule has 1 atom stereocenters. The lowest BCUT2D eigenvalue weighted by atomic mass is 9.97. The molecule has 1 aliphatic heterocycles. The fourth-order valence-corrected chi connectivity index (χ4v) is 4.87. The lowest BCUT2D eigenvalue weighted by Crippen LogP contribution is -2.40. The van der Waals surface area contributed by atoms with Gasteiger partial charge in [-0.3, -0.25) is 9.69 Å². The van der Waals surface area contributed by atoms with E-state index in [1.807, 2.05) is 11.3 Å². The lowest BCUT2D eigenvalue weighted by Gasteiger charge is -2.35. The van der Waals surface area contributed by atoms with Crippen molar-refractivity contribution in [3.05, 3.63) is 92.6 Å². The molecule has 0 bridgehead atoms. The van der Waals surface area contributed by atoms with Crippen LogP contribution in [0.3, 0.4) is 0 Å². The van der Waals surface area contributed by atoms with Gasteiger partial charge in [0, 0.05) is 30.6 Å². The Bertz CT molecular complexity index is 1010. The Balaban J connectivity index is 1.54. The Kier molecular flexibility index (Phi) is 6.16. The second kappa shape index (κ2) is 8.98. The quantitative estimate of drug-likeness (QED) is 0.483. The minimum absolute atomic E-state index is 0.0753. The maximum atomic E-state index is 12.6. The van der Waals surface area contributed by atoms with Crippen molar-refractivity contribution in [3.8, 4) is 0 Å². The molecule has 0 spiro atoms. The third-order valence-electron chi connectivity index (χ3n) is 5.76. The number of rotatable bonds is 6. The number of amides is 1. The van der Waals surface area contributed by atoms with Gasteiger partial charge in [-0.15, -0.1) is 11.3 Å². The molecule has 0 aliphatic carbocycles. The number of hydrogen-bond acceptors (Lipinski definition) is 4. The van der Waals surface area contributed by atoms with E-state index in [1.165, 1.54) is 34.0 Å². The summed E-state index contributed by atoms with van der Waals surface area (Å²) in [6.45, 7) is 6.73. The molecule has 0 fully saturated rings. The highest BCUT2D eigenvalue weighted by atomic mass is 32.1. The van der Waals surface area contributed by atoms with Crippen LogP contribution in [0.15, 0.2) is 60.2 Å². The Morgan fingerprint density at radius 1 is 1.20 bits per heavy atom. The van der Waals surface area contributed by atoms with E-state index in [0.717, 1.165) is 19.5 Å². The molecular weight excluding hydrogens is 394 g/mol. The molecule has 1 aliphatic rings. The summed E-state index contributed by atoms with van der Waals surface area (Å²) in [5.41, 5.74) is 4.27. The van der Waals surface area contributed by atoms with Crippen LogP contribution >= 0.6 is 11.3 Å². The van der Waals surface area contributed by atoms with Crippen LogP contribution in [-0.2, 0) is 13.0 Å². The number of carbonyl (C=O) groups is 1. The van der Waals surface area contributed by atoms with Gasteiger partial charge in [0.25, 0.3) is 5.91 Å². The van der Waals surface area contributed by atoms with Crippen LogP contribution in [0, 0.1) is 5.21 Å². The molecule has 4 rings (SSSR count). The molecule has 1 N–H and O–H groups in total. The zero-order chi connectivity index (χ0) is 21.1. The Morgan fingerprint density at radius 3 is 2.70 bits per heavy atom. The molecule has 5 nitrogen and oxygen atoms in total. The molecule has 156 valence electrons. The molecule has 0 radical (unpaired) electrons. The summed E-state index contributed by atoms with van der Waals surface area (Å²) in [4.78, 5) is 16.5. The first kappa shape index (κ1) is 20.6. The van der Waals surface area contributed by atoms with E-state index >= 15 is 0 Å². The molecule has 1 amide bonds. The predicted octanol–water partition coefficient (Wildman–Crippen LogP) is 4.03. The number of hydrogen-bond donors (Lipinski definition) is 1. The summed E-state index contributed by atoms with van der Waals surface area (Å²) < 4.78 is 0.653. The first-order valence-electron chi connectivity index (χ1n) is 10.4. The van der Waals surface area contributed by atoms with Gasteiger partial charge in [0.05, 0.1) is 6.04 Å². The van der Waals surface area contributed by atoms with Gasteiger partial charge in [0.1, 0.15) is 5.56 Å². The largest absolute Gasteiger partial charge is 0.619 e. The zero-order valence-corrected chi connectivity index (χ0v) is 18.2. The molecule has 1 aromatic carbocycles. The van der Waals surface area contributed by atoms with Crippen molar-refractivity contribution in [2.24, 2.45) is 0 Å². The topological polar surface area (TPSA) is 59.3 Å². The minimum Gasteiger partial charge on any atom is -0.619 e. The summed E-state index contributed by atoms with van der Waals surface area (Å²) >= 11 is 1.83. The summed E-state index contributed by atoms with van der Waals surface area (Å²) in [6, 6.07) is 14.3. The predicted molar refractivity (Wildman–Crippen MR) is 119 cm³/mol. The van der Waals surface area contributed by atoms with E-state index < -0.39 is 0 Å². The average molecular weight is 422 g/mol. The van der Waals surface area contributed by atoms with E-state index in [1.54, 1.807) is 12.1 Å². The fourth-order valence-electron chi connectivity index (χ4n) is 3.98. The van der Waals surface area contributed by atoms with E-state index in [-0.39, 0.29) is 11.9 Å². The second-order valence-corrected chi connectivity index (χ2v) is 9.09. The van der Waals surface area contributed by atoms with Crippen LogP contribution in [0.5, 0.6) is 0 Å². The SMILES string of the molecule is CC(C)c1ccc(C(CNC(=O)c2ccc[n+]([O-])c2)N2CCc3sccc3C2)cc1. The Labute approximate surface area is 181 Å². The third-order valence-corrected chi connectivity index (χ3v) is 6.78. The van der Waals surface area contributed by atoms with Gasteiger partial charge in [-0.2, -0.15) is 4.73 Å². The number of thiophene rings is 1. The van der Waals surface area contributed by atoms with Crippen LogP contribution < -0.4 is 10.0 Å². The number of nitrogens with one attached hydrogen (secondary N) is 1. The smallest absolute Gasteiger partial charge is 0.257 e. The van der Waals surface area contributed by atoms with Crippen molar-refractivity contribution in [1.82, 2.24) is 10.2 Å². The van der Waals surface area contributed by atoms with Crippen LogP contribution in [0.4, 0.5) is 0 Å². The van der Waals surface area contributed by atoms with E-state index in [2.05, 4.69) is 59.8 Å². The normalized spacial score (nSPS) is 15.0. The van der Waals surface area contributed by atoms with Crippen LogP contribution in [0.1, 0.15) is 57.7 Å². The van der Waals surface area contributed by atoms with Gasteiger partial charge in [0.15, 0.2) is 12.4 Å². The summed E-state index contributed by atoms with van der Waals surface area (Å²) in [5.74, 6) is 0.259. The molecule has 3 heterocycles. The lowest BCUT2D eigenvalue weighted by molar-refractivity contribution is -0.605. The van der Waals surface area contributed by atoms with Gasteiger partial charge in [0.2, 0.25) is 0 Å². The summed E-state index contributed by atoms with van der Waals surface area (Å²) in [5, 5.41) is 16.7. The second-order valence-electron chi connectivity index (χ2n) is 8.09. The minimum atomic E-state index is -0.225. The van der Waals surface area contributed by atoms with Crippen molar-refractivity contribution in [3.63, 3.8) is 0 Å². The molecule has 3 aromatic rings. The van der Waals surface area contributed by atoms with Crippen molar-refractivity contribution in [1.29, 1.82) is 0 Å². The van der Waals surface area contributed by atoms with Crippen LogP contribution in [0.25, 0.3) is 0 Å². The standard InChI is InChI=1S/C24H27N3O2S/c1-17(2)18-5-7-19(8-6-18)22(26-12-9-23-20(15-26)10-13-30-23)14-25-24(28)21-4-3-11-27(29)16-21/h3-8,10-11,13,16-17,22H,9,12,14-15H2,1-2H3,(H,25,28). The molecule has 30 heavy (non-hydrogen) atoms. The number of nitrogens with zero attached hydrogens (tertiary/aromatic N) is 2. The highest BCUT2D eigenvalue weighted by Gasteiger charge is 2.26. The monoisotopic (exact) mass is 421 g/mol. The number of fused-ring (bicyclic) bond motifs is 1. The Hall–Kier alpha value is -2.70. The van der Waals surface area contributed by atoms with E-state index in [0.29, 0.717) is 22.8 Å². The highest BCUT2D eigenvalue weighted by Crippen LogP contribution is 2.31. The first-order chi connectivity index (χ1) is 14.5. The number of benzene rings is 1. The van der Waals surface area contributed by atoms with Crippen LogP contribution in [0.2, 0.25) is 0 Å². The van der Waals surface area contributed by atoms with Crippen molar-refractivity contribution in [2.75, 3.05) is 13.1 Å². The van der Waals surface area contributed by atoms with E-state index in [9.17, 15) is 10.0 Å². The number of aromatic nitrogens is 1. The molecule has 2 aromatic heterocycles. The zero-order valence-electron chi connectivity index (χ0n) is 17.4. The Morgan fingerprint density at radius 2 is 1.97 bits per heavy atom. The maximum Gasteiger partial charge on any atom is 0.257 e. The van der Waals surface area contributed by atoms with Gasteiger partial charge >= 0.3 is 0 Å². The summed E-state index contributed by atoms with van der Waals surface area (Å²) in [7, 11) is 0. The van der Waals surface area contributed by atoms with Crippen molar-refractivity contribution in [2.45, 2.75) is 38.8 Å². The van der Waals surface area contributed by atoms with Gasteiger partial charge < -0.3 is 10.5 Å². The van der Waals surface area contributed by atoms with Crippen molar-refractivity contribution >= 4 is 17.2 Å². The third kappa shape index (κ3) is 4.55. The number of carbonyl (C=O) groups excluding carboxylic acids is 1. The maximum absolute atomic E-state index is 12.6. The molecule has 0 saturated heterocycles. The fraction of sp³-hybridized carbons (Fsp3) is 0.333. The highest BCUT2D eigenvalue weighted by molar-refractivity contribution is 7.10. The van der Waals surface area contributed by atoms with Crippen LogP contribution in [-0.4, -0.2) is 23.9 Å². The molecule has 6 heteroatoms. The van der Waals surface area contributed by atoms with Crippen molar-refractivity contribution < 1.29 is 9.52 Å². The molecule has 0 saturated carbocycles. The first-order valence-corrected chi connectivity index (χ1v) is 11.3. The van der Waals surface area contributed by atoms with E-state index in [4.69, 9.17) is 0 Å². The molecule has 1 unspecified atom stereocenters. The number of pyridine rings is 1. The average Bonchev–Trinajstić information content (AvgIpc) is 3.22. The van der Waals surface area contributed by atoms with Gasteiger partial charge in [-0.25, -0.2) is 0 Å². The summed E-state index contributed by atoms with van der Waals surface area (Å²) in [6.07, 6.45) is 3.72.